The van der Waals surface area contributed by atoms with Crippen molar-refractivity contribution >= 4 is 6.03 Å². The molecule has 0 aromatic heterocycles. The van der Waals surface area contributed by atoms with Gasteiger partial charge in [0.2, 0.25) is 0 Å². The summed E-state index contributed by atoms with van der Waals surface area (Å²) in [5.74, 6) is 0. The summed E-state index contributed by atoms with van der Waals surface area (Å²) in [6, 6.07) is 9.85. The van der Waals surface area contributed by atoms with Crippen LogP contribution in [0.25, 0.3) is 0 Å². The molecule has 0 heterocycles. The number of nitrogens with one attached hydrogen (secondary N) is 2. The highest BCUT2D eigenvalue weighted by Gasteiger charge is 2.02. The van der Waals surface area contributed by atoms with Crippen molar-refractivity contribution in [1.29, 1.82) is 0 Å². The topological polar surface area (TPSA) is 67.1 Å². The van der Waals surface area contributed by atoms with E-state index in [1.54, 1.807) is 0 Å². The zero-order chi connectivity index (χ0) is 12.5. The Morgan fingerprint density at radius 1 is 1.29 bits per heavy atom. The van der Waals surface area contributed by atoms with Crippen LogP contribution in [0, 0.1) is 0 Å². The van der Waals surface area contributed by atoms with Crippen LogP contribution in [-0.2, 0) is 6.54 Å². The third kappa shape index (κ3) is 5.92. The van der Waals surface area contributed by atoms with Gasteiger partial charge in [0.25, 0.3) is 0 Å². The number of carbonyl (C=O) groups excluding carboxylic acids is 1. The van der Waals surface area contributed by atoms with E-state index >= 15 is 0 Å². The Labute approximate surface area is 103 Å². The van der Waals surface area contributed by atoms with Crippen LogP contribution in [-0.4, -0.2) is 18.6 Å². The van der Waals surface area contributed by atoms with Gasteiger partial charge in [-0.2, -0.15) is 0 Å². The normalized spacial score (nSPS) is 11.9. The first-order valence-electron chi connectivity index (χ1n) is 6.03. The van der Waals surface area contributed by atoms with Gasteiger partial charge >= 0.3 is 6.03 Å². The first kappa shape index (κ1) is 13.5. The lowest BCUT2D eigenvalue weighted by molar-refractivity contribution is 0.240. The van der Waals surface area contributed by atoms with Gasteiger partial charge in [0.05, 0.1) is 0 Å². The molecule has 0 fully saturated rings. The van der Waals surface area contributed by atoms with Crippen molar-refractivity contribution in [1.82, 2.24) is 10.6 Å². The number of amides is 2. The Morgan fingerprint density at radius 2 is 2.00 bits per heavy atom. The van der Waals surface area contributed by atoms with Crippen molar-refractivity contribution in [3.05, 3.63) is 35.9 Å². The number of hydrogen-bond acceptors (Lipinski definition) is 2. The number of carbonyl (C=O) groups is 1. The number of urea groups is 1. The molecule has 1 rings (SSSR count). The van der Waals surface area contributed by atoms with E-state index in [9.17, 15) is 4.79 Å². The standard InChI is InChI=1S/C13H21N3O/c1-2-12(14)8-9-15-13(17)16-10-11-6-4-3-5-7-11/h3-7,12H,2,8-10,14H2,1H3,(H2,15,16,17). The smallest absolute Gasteiger partial charge is 0.315 e. The van der Waals surface area contributed by atoms with Gasteiger partial charge < -0.3 is 16.4 Å². The van der Waals surface area contributed by atoms with E-state index < -0.39 is 0 Å². The average molecular weight is 235 g/mol. The van der Waals surface area contributed by atoms with Gasteiger partial charge in [-0.1, -0.05) is 37.3 Å². The molecular formula is C13H21N3O. The van der Waals surface area contributed by atoms with E-state index in [2.05, 4.69) is 10.6 Å². The molecule has 4 heteroatoms. The Bertz CT molecular complexity index is 327. The van der Waals surface area contributed by atoms with Crippen molar-refractivity contribution < 1.29 is 4.79 Å². The summed E-state index contributed by atoms with van der Waals surface area (Å²) in [6.45, 7) is 3.21. The van der Waals surface area contributed by atoms with Crippen LogP contribution in [0.2, 0.25) is 0 Å². The lowest BCUT2D eigenvalue weighted by Crippen LogP contribution is -2.37. The lowest BCUT2D eigenvalue weighted by Gasteiger charge is -2.10. The van der Waals surface area contributed by atoms with Crippen molar-refractivity contribution in [2.45, 2.75) is 32.4 Å². The van der Waals surface area contributed by atoms with Crippen LogP contribution in [0.3, 0.4) is 0 Å². The van der Waals surface area contributed by atoms with Crippen LogP contribution in [0.5, 0.6) is 0 Å². The van der Waals surface area contributed by atoms with E-state index in [1.807, 2.05) is 37.3 Å². The number of rotatable bonds is 6. The van der Waals surface area contributed by atoms with Gasteiger partial charge in [0, 0.05) is 19.1 Å². The first-order chi connectivity index (χ1) is 8.22. The highest BCUT2D eigenvalue weighted by molar-refractivity contribution is 5.73. The van der Waals surface area contributed by atoms with E-state index in [0.29, 0.717) is 13.1 Å². The Morgan fingerprint density at radius 3 is 2.65 bits per heavy atom. The molecule has 0 saturated heterocycles. The van der Waals surface area contributed by atoms with Crippen LogP contribution in [0.1, 0.15) is 25.3 Å². The molecule has 0 bridgehead atoms. The molecule has 0 spiro atoms. The number of nitrogens with two attached hydrogens (primary N) is 1. The first-order valence-corrected chi connectivity index (χ1v) is 6.03. The Kier molecular flexibility index (Phi) is 6.10. The Hall–Kier alpha value is -1.55. The Balaban J connectivity index is 2.13. The second-order valence-corrected chi connectivity index (χ2v) is 4.05. The number of hydrogen-bond donors (Lipinski definition) is 3. The molecule has 17 heavy (non-hydrogen) atoms. The molecule has 0 aliphatic rings. The fourth-order valence-electron chi connectivity index (χ4n) is 1.42. The van der Waals surface area contributed by atoms with E-state index in [4.69, 9.17) is 5.73 Å². The largest absolute Gasteiger partial charge is 0.338 e. The van der Waals surface area contributed by atoms with Gasteiger partial charge in [-0.25, -0.2) is 4.79 Å². The highest BCUT2D eigenvalue weighted by atomic mass is 16.2. The molecule has 0 saturated carbocycles. The predicted molar refractivity (Wildman–Crippen MR) is 69.6 cm³/mol. The highest BCUT2D eigenvalue weighted by Crippen LogP contribution is 1.96. The van der Waals surface area contributed by atoms with Crippen molar-refractivity contribution in [2.75, 3.05) is 6.54 Å². The summed E-state index contributed by atoms with van der Waals surface area (Å²) < 4.78 is 0. The van der Waals surface area contributed by atoms with Crippen molar-refractivity contribution in [3.63, 3.8) is 0 Å². The minimum absolute atomic E-state index is 0.142. The third-order valence-electron chi connectivity index (χ3n) is 2.62. The van der Waals surface area contributed by atoms with Gasteiger partial charge in [-0.05, 0) is 18.4 Å². The maximum Gasteiger partial charge on any atom is 0.315 e. The predicted octanol–water partition coefficient (Wildman–Crippen LogP) is 1.61. The summed E-state index contributed by atoms with van der Waals surface area (Å²) in [5.41, 5.74) is 6.84. The summed E-state index contributed by atoms with van der Waals surface area (Å²) in [4.78, 5) is 11.4. The second-order valence-electron chi connectivity index (χ2n) is 4.05. The summed E-state index contributed by atoms with van der Waals surface area (Å²) in [6.07, 6.45) is 1.75. The minimum Gasteiger partial charge on any atom is -0.338 e. The van der Waals surface area contributed by atoms with Gasteiger partial charge in [0.15, 0.2) is 0 Å². The minimum atomic E-state index is -0.142. The molecule has 4 nitrogen and oxygen atoms in total. The fourth-order valence-corrected chi connectivity index (χ4v) is 1.42. The summed E-state index contributed by atoms with van der Waals surface area (Å²) in [7, 11) is 0. The molecular weight excluding hydrogens is 214 g/mol. The van der Waals surface area contributed by atoms with Crippen molar-refractivity contribution in [3.8, 4) is 0 Å². The summed E-state index contributed by atoms with van der Waals surface area (Å²) >= 11 is 0. The molecule has 94 valence electrons. The zero-order valence-electron chi connectivity index (χ0n) is 10.3. The van der Waals surface area contributed by atoms with Crippen LogP contribution in [0.4, 0.5) is 4.79 Å². The molecule has 1 atom stereocenters. The maximum atomic E-state index is 11.4. The lowest BCUT2D eigenvalue weighted by atomic mass is 10.2. The average Bonchev–Trinajstić information content (AvgIpc) is 2.37. The molecule has 1 unspecified atom stereocenters. The van der Waals surface area contributed by atoms with E-state index in [0.717, 1.165) is 18.4 Å². The molecule has 0 radical (unpaired) electrons. The molecule has 4 N–H and O–H groups in total. The monoisotopic (exact) mass is 235 g/mol. The van der Waals surface area contributed by atoms with Crippen LogP contribution in [0.15, 0.2) is 30.3 Å². The second kappa shape index (κ2) is 7.68. The summed E-state index contributed by atoms with van der Waals surface area (Å²) in [5, 5.41) is 5.59. The third-order valence-corrected chi connectivity index (χ3v) is 2.62. The molecule has 0 aliphatic heterocycles. The van der Waals surface area contributed by atoms with Crippen LogP contribution >= 0.6 is 0 Å². The molecule has 0 aliphatic carbocycles. The van der Waals surface area contributed by atoms with Gasteiger partial charge in [0.1, 0.15) is 0 Å². The number of benzene rings is 1. The van der Waals surface area contributed by atoms with E-state index in [1.165, 1.54) is 0 Å². The van der Waals surface area contributed by atoms with Crippen molar-refractivity contribution in [2.24, 2.45) is 5.73 Å². The molecule has 1 aromatic rings. The van der Waals surface area contributed by atoms with Gasteiger partial charge in [-0.15, -0.1) is 0 Å². The molecule has 2 amide bonds. The molecule has 1 aromatic carbocycles. The van der Waals surface area contributed by atoms with Gasteiger partial charge in [-0.3, -0.25) is 0 Å². The SMILES string of the molecule is CCC(N)CCNC(=O)NCc1ccccc1. The van der Waals surface area contributed by atoms with E-state index in [-0.39, 0.29) is 12.1 Å². The quantitative estimate of drug-likeness (QED) is 0.701. The maximum absolute atomic E-state index is 11.4. The van der Waals surface area contributed by atoms with Crippen LogP contribution < -0.4 is 16.4 Å². The zero-order valence-corrected chi connectivity index (χ0v) is 10.3. The fraction of sp³-hybridized carbons (Fsp3) is 0.462.